The van der Waals surface area contributed by atoms with Gasteiger partial charge in [0, 0.05) is 32.7 Å². The molecule has 2 amide bonds. The molecule has 7 heteroatoms. The lowest BCUT2D eigenvalue weighted by atomic mass is 10.1. The summed E-state index contributed by atoms with van der Waals surface area (Å²) in [7, 11) is 0. The highest BCUT2D eigenvalue weighted by molar-refractivity contribution is 5.91. The number of hydrogen-bond acceptors (Lipinski definition) is 4. The van der Waals surface area contributed by atoms with Crippen LogP contribution >= 0.6 is 0 Å². The number of hydrogen-bond donors (Lipinski definition) is 1. The summed E-state index contributed by atoms with van der Waals surface area (Å²) in [6, 6.07) is 5.46. The molecule has 0 saturated carbocycles. The van der Waals surface area contributed by atoms with E-state index in [0.717, 1.165) is 45.3 Å². The molecule has 2 saturated heterocycles. The molecule has 2 aliphatic heterocycles. The normalized spacial score (nSPS) is 21.5. The van der Waals surface area contributed by atoms with Crippen LogP contribution in [0.1, 0.15) is 12.0 Å². The zero-order chi connectivity index (χ0) is 16.9. The number of carbonyl (C=O) groups excluding carboxylic acids is 1. The topological polar surface area (TPSA) is 68.6 Å². The fraction of sp³-hybridized carbons (Fsp3) is 0.529. The molecule has 1 aromatic rings. The molecule has 2 heterocycles. The van der Waals surface area contributed by atoms with Crippen molar-refractivity contribution >= 4 is 11.7 Å². The van der Waals surface area contributed by atoms with Gasteiger partial charge in [-0.2, -0.15) is 5.26 Å². The maximum Gasteiger partial charge on any atom is 0.321 e. The first-order chi connectivity index (χ1) is 11.7. The number of nitrogens with one attached hydrogen (secondary N) is 1. The number of amides is 2. The van der Waals surface area contributed by atoms with Crippen LogP contribution < -0.4 is 5.32 Å². The Morgan fingerprint density at radius 3 is 2.92 bits per heavy atom. The Morgan fingerprint density at radius 2 is 2.17 bits per heavy atom. The van der Waals surface area contributed by atoms with E-state index in [9.17, 15) is 9.18 Å². The van der Waals surface area contributed by atoms with Gasteiger partial charge >= 0.3 is 6.03 Å². The molecule has 128 valence electrons. The standard InChI is InChI=1S/C17H21FN4O2/c18-15-1-2-16(14(9-15)10-19)20-17(23)22-4-3-13(12-22)11-21-5-7-24-8-6-21/h1-2,9,13H,3-8,11-12H2,(H,20,23). The zero-order valence-electron chi connectivity index (χ0n) is 13.5. The molecular weight excluding hydrogens is 311 g/mol. The monoisotopic (exact) mass is 332 g/mol. The molecule has 1 atom stereocenters. The van der Waals surface area contributed by atoms with Crippen molar-refractivity contribution in [1.82, 2.24) is 9.80 Å². The number of urea groups is 1. The van der Waals surface area contributed by atoms with Crippen LogP contribution in [0.2, 0.25) is 0 Å². The van der Waals surface area contributed by atoms with Crippen molar-refractivity contribution in [3.8, 4) is 6.07 Å². The average molecular weight is 332 g/mol. The van der Waals surface area contributed by atoms with E-state index < -0.39 is 5.82 Å². The highest BCUT2D eigenvalue weighted by Crippen LogP contribution is 2.21. The Hall–Kier alpha value is -2.17. The Kier molecular flexibility index (Phi) is 5.28. The first-order valence-corrected chi connectivity index (χ1v) is 8.21. The third-order valence-corrected chi connectivity index (χ3v) is 4.54. The second-order valence-electron chi connectivity index (χ2n) is 6.25. The number of benzene rings is 1. The molecule has 2 aliphatic rings. The van der Waals surface area contributed by atoms with Gasteiger partial charge in [0.25, 0.3) is 0 Å². The highest BCUT2D eigenvalue weighted by Gasteiger charge is 2.28. The van der Waals surface area contributed by atoms with Gasteiger partial charge in [-0.3, -0.25) is 4.90 Å². The molecular formula is C17H21FN4O2. The Balaban J connectivity index is 1.54. The van der Waals surface area contributed by atoms with Gasteiger partial charge < -0.3 is 15.0 Å². The highest BCUT2D eigenvalue weighted by atomic mass is 19.1. The molecule has 0 aromatic heterocycles. The van der Waals surface area contributed by atoms with Crippen molar-refractivity contribution in [2.75, 3.05) is 51.3 Å². The molecule has 24 heavy (non-hydrogen) atoms. The molecule has 1 N–H and O–H groups in total. The molecule has 0 radical (unpaired) electrons. The fourth-order valence-corrected chi connectivity index (χ4v) is 3.23. The zero-order valence-corrected chi connectivity index (χ0v) is 13.5. The van der Waals surface area contributed by atoms with Crippen LogP contribution in [0.4, 0.5) is 14.9 Å². The number of likely N-dealkylation sites (tertiary alicyclic amines) is 1. The van der Waals surface area contributed by atoms with Crippen molar-refractivity contribution in [2.45, 2.75) is 6.42 Å². The number of halogens is 1. The van der Waals surface area contributed by atoms with Crippen LogP contribution in [-0.4, -0.2) is 61.8 Å². The first-order valence-electron chi connectivity index (χ1n) is 8.21. The number of carbonyl (C=O) groups is 1. The molecule has 0 bridgehead atoms. The van der Waals surface area contributed by atoms with Gasteiger partial charge in [0.15, 0.2) is 0 Å². The Labute approximate surface area is 140 Å². The first kappa shape index (κ1) is 16.7. The van der Waals surface area contributed by atoms with E-state index >= 15 is 0 Å². The molecule has 0 aliphatic carbocycles. The smallest absolute Gasteiger partial charge is 0.321 e. The summed E-state index contributed by atoms with van der Waals surface area (Å²) in [5.41, 5.74) is 0.480. The van der Waals surface area contributed by atoms with Gasteiger partial charge in [0.2, 0.25) is 0 Å². The molecule has 2 fully saturated rings. The van der Waals surface area contributed by atoms with E-state index in [2.05, 4.69) is 10.2 Å². The summed E-state index contributed by atoms with van der Waals surface area (Å²) < 4.78 is 18.5. The van der Waals surface area contributed by atoms with Crippen molar-refractivity contribution in [1.29, 1.82) is 5.26 Å². The number of anilines is 1. The van der Waals surface area contributed by atoms with Crippen LogP contribution in [0.15, 0.2) is 18.2 Å². The van der Waals surface area contributed by atoms with Gasteiger partial charge in [-0.15, -0.1) is 0 Å². The lowest BCUT2D eigenvalue weighted by Crippen LogP contribution is -2.40. The second-order valence-corrected chi connectivity index (χ2v) is 6.25. The van der Waals surface area contributed by atoms with E-state index in [1.54, 1.807) is 4.90 Å². The summed E-state index contributed by atoms with van der Waals surface area (Å²) in [5, 5.41) is 11.8. The fourth-order valence-electron chi connectivity index (χ4n) is 3.23. The van der Waals surface area contributed by atoms with Crippen molar-refractivity contribution < 1.29 is 13.9 Å². The predicted molar refractivity (Wildman–Crippen MR) is 87.1 cm³/mol. The summed E-state index contributed by atoms with van der Waals surface area (Å²) in [6.45, 7) is 5.83. The van der Waals surface area contributed by atoms with Crippen LogP contribution in [0.3, 0.4) is 0 Å². The summed E-state index contributed by atoms with van der Waals surface area (Å²) in [5.74, 6) is -0.0335. The predicted octanol–water partition coefficient (Wildman–Crippen LogP) is 1.88. The third kappa shape index (κ3) is 4.02. The van der Waals surface area contributed by atoms with Gasteiger partial charge in [-0.05, 0) is 30.5 Å². The van der Waals surface area contributed by atoms with Crippen LogP contribution in [-0.2, 0) is 4.74 Å². The second kappa shape index (κ2) is 7.60. The minimum Gasteiger partial charge on any atom is -0.379 e. The number of ether oxygens (including phenoxy) is 1. The van der Waals surface area contributed by atoms with Crippen molar-refractivity contribution in [3.63, 3.8) is 0 Å². The van der Waals surface area contributed by atoms with Crippen molar-refractivity contribution in [3.05, 3.63) is 29.6 Å². The molecule has 3 rings (SSSR count). The third-order valence-electron chi connectivity index (χ3n) is 4.54. The average Bonchev–Trinajstić information content (AvgIpc) is 3.06. The molecule has 6 nitrogen and oxygen atoms in total. The summed E-state index contributed by atoms with van der Waals surface area (Å²) >= 11 is 0. The van der Waals surface area contributed by atoms with E-state index in [-0.39, 0.29) is 11.6 Å². The lowest BCUT2D eigenvalue weighted by molar-refractivity contribution is 0.0314. The minimum atomic E-state index is -0.490. The van der Waals surface area contributed by atoms with Gasteiger partial charge in [0.1, 0.15) is 11.9 Å². The van der Waals surface area contributed by atoms with Gasteiger partial charge in [0.05, 0.1) is 24.5 Å². The number of nitrogens with zero attached hydrogens (tertiary/aromatic N) is 3. The number of nitriles is 1. The van der Waals surface area contributed by atoms with Crippen LogP contribution in [0.25, 0.3) is 0 Å². The molecule has 1 unspecified atom stereocenters. The largest absolute Gasteiger partial charge is 0.379 e. The maximum atomic E-state index is 13.2. The van der Waals surface area contributed by atoms with Gasteiger partial charge in [-0.1, -0.05) is 0 Å². The van der Waals surface area contributed by atoms with Crippen molar-refractivity contribution in [2.24, 2.45) is 5.92 Å². The summed E-state index contributed by atoms with van der Waals surface area (Å²) in [4.78, 5) is 16.5. The Morgan fingerprint density at radius 1 is 1.38 bits per heavy atom. The van der Waals surface area contributed by atoms with Crippen LogP contribution in [0, 0.1) is 23.1 Å². The SMILES string of the molecule is N#Cc1cc(F)ccc1NC(=O)N1CCC(CN2CCOCC2)C1. The van der Waals surface area contributed by atoms with Crippen LogP contribution in [0.5, 0.6) is 0 Å². The van der Waals surface area contributed by atoms with Gasteiger partial charge in [-0.25, -0.2) is 9.18 Å². The lowest BCUT2D eigenvalue weighted by Gasteiger charge is -2.29. The van der Waals surface area contributed by atoms with E-state index in [4.69, 9.17) is 10.00 Å². The molecule has 0 spiro atoms. The summed E-state index contributed by atoms with van der Waals surface area (Å²) in [6.07, 6.45) is 0.972. The van der Waals surface area contributed by atoms with E-state index in [1.165, 1.54) is 12.1 Å². The minimum absolute atomic E-state index is 0.132. The quantitative estimate of drug-likeness (QED) is 0.918. The molecule has 1 aromatic carbocycles. The van der Waals surface area contributed by atoms with E-state index in [1.807, 2.05) is 6.07 Å². The Bertz CT molecular complexity index is 640. The number of morpholine rings is 1. The maximum absolute atomic E-state index is 13.2. The number of rotatable bonds is 3. The van der Waals surface area contributed by atoms with E-state index in [0.29, 0.717) is 24.7 Å².